The number of rotatable bonds is 8. The second-order valence-electron chi connectivity index (χ2n) is 6.27. The smallest absolute Gasteiger partial charge is 0.332 e. The number of carbonyl (C=O) groups excluding carboxylic acids is 1. The molecule has 0 saturated carbocycles. The van der Waals surface area contributed by atoms with E-state index in [1.165, 1.54) is 23.0 Å². The average Bonchev–Trinajstić information content (AvgIpc) is 3.31. The Labute approximate surface area is 173 Å². The fourth-order valence-corrected chi connectivity index (χ4v) is 3.96. The SMILES string of the molecule is CCCn1c(N)c(C(=O)CSc2nnc(Cc3csc(C)n3)o2)c(=O)n(C)c1=O. The van der Waals surface area contributed by atoms with Gasteiger partial charge in [0.05, 0.1) is 22.9 Å². The van der Waals surface area contributed by atoms with E-state index < -0.39 is 17.0 Å². The van der Waals surface area contributed by atoms with Gasteiger partial charge in [0.2, 0.25) is 5.89 Å². The number of hydrogen-bond donors (Lipinski definition) is 1. The third kappa shape index (κ3) is 4.48. The van der Waals surface area contributed by atoms with Gasteiger partial charge in [0.1, 0.15) is 11.4 Å². The van der Waals surface area contributed by atoms with Crippen LogP contribution in [0.5, 0.6) is 0 Å². The van der Waals surface area contributed by atoms with Crippen molar-refractivity contribution in [3.63, 3.8) is 0 Å². The van der Waals surface area contributed by atoms with Gasteiger partial charge in [-0.1, -0.05) is 18.7 Å². The maximum Gasteiger partial charge on any atom is 0.332 e. The number of nitrogens with zero attached hydrogens (tertiary/aromatic N) is 5. The van der Waals surface area contributed by atoms with Crippen LogP contribution in [0.25, 0.3) is 0 Å². The van der Waals surface area contributed by atoms with Crippen molar-refractivity contribution in [2.75, 3.05) is 11.5 Å². The standard InChI is InChI=1S/C17H20N6O4S2/c1-4-5-23-14(18)13(15(25)22(3)17(23)26)11(24)8-29-16-21-20-12(27-16)6-10-7-28-9(2)19-10/h7H,4-6,8,18H2,1-3H3. The number of ketones is 1. The van der Waals surface area contributed by atoms with Crippen LogP contribution in [0.4, 0.5) is 5.82 Å². The van der Waals surface area contributed by atoms with Crippen LogP contribution >= 0.6 is 23.1 Å². The molecule has 0 atom stereocenters. The summed E-state index contributed by atoms with van der Waals surface area (Å²) in [4.78, 5) is 41.6. The molecule has 0 amide bonds. The van der Waals surface area contributed by atoms with Crippen LogP contribution < -0.4 is 17.0 Å². The highest BCUT2D eigenvalue weighted by Crippen LogP contribution is 2.20. The van der Waals surface area contributed by atoms with Gasteiger partial charge < -0.3 is 10.2 Å². The molecule has 0 aliphatic heterocycles. The van der Waals surface area contributed by atoms with E-state index in [1.54, 1.807) is 0 Å². The van der Waals surface area contributed by atoms with Gasteiger partial charge in [-0.3, -0.25) is 18.7 Å². The number of anilines is 1. The van der Waals surface area contributed by atoms with E-state index >= 15 is 0 Å². The van der Waals surface area contributed by atoms with Crippen molar-refractivity contribution in [3.8, 4) is 0 Å². The summed E-state index contributed by atoms with van der Waals surface area (Å²) >= 11 is 2.54. The monoisotopic (exact) mass is 436 g/mol. The average molecular weight is 437 g/mol. The number of aromatic nitrogens is 5. The highest BCUT2D eigenvalue weighted by molar-refractivity contribution is 7.99. The molecular weight excluding hydrogens is 416 g/mol. The summed E-state index contributed by atoms with van der Waals surface area (Å²) in [6, 6.07) is 0. The topological polar surface area (TPSA) is 139 Å². The van der Waals surface area contributed by atoms with Crippen LogP contribution in [-0.2, 0) is 20.0 Å². The van der Waals surface area contributed by atoms with Gasteiger partial charge in [0, 0.05) is 19.0 Å². The molecule has 12 heteroatoms. The number of thioether (sulfide) groups is 1. The summed E-state index contributed by atoms with van der Waals surface area (Å²) in [6.07, 6.45) is 1.04. The Morgan fingerprint density at radius 2 is 2.10 bits per heavy atom. The molecule has 10 nitrogen and oxygen atoms in total. The fraction of sp³-hybridized carbons (Fsp3) is 0.412. The Morgan fingerprint density at radius 3 is 2.76 bits per heavy atom. The van der Waals surface area contributed by atoms with Gasteiger partial charge in [-0.05, 0) is 13.3 Å². The molecule has 3 aromatic heterocycles. The fourth-order valence-electron chi connectivity index (χ4n) is 2.70. The van der Waals surface area contributed by atoms with Crippen molar-refractivity contribution < 1.29 is 9.21 Å². The molecule has 0 saturated heterocycles. The molecule has 3 rings (SSSR count). The first kappa shape index (κ1) is 21.0. The Bertz CT molecular complexity index is 1160. The molecule has 0 bridgehead atoms. The van der Waals surface area contributed by atoms with E-state index in [9.17, 15) is 14.4 Å². The molecule has 0 aliphatic carbocycles. The molecule has 3 aromatic rings. The molecular formula is C17H20N6O4S2. The van der Waals surface area contributed by atoms with E-state index in [0.29, 0.717) is 25.3 Å². The summed E-state index contributed by atoms with van der Waals surface area (Å²) in [5.41, 5.74) is 5.34. The summed E-state index contributed by atoms with van der Waals surface area (Å²) < 4.78 is 7.66. The molecule has 154 valence electrons. The largest absolute Gasteiger partial charge is 0.416 e. The molecule has 29 heavy (non-hydrogen) atoms. The number of nitrogen functional groups attached to an aromatic ring is 1. The summed E-state index contributed by atoms with van der Waals surface area (Å²) in [6.45, 7) is 4.10. The van der Waals surface area contributed by atoms with Crippen LogP contribution in [0.2, 0.25) is 0 Å². The predicted molar refractivity (Wildman–Crippen MR) is 110 cm³/mol. The third-order valence-corrected chi connectivity index (χ3v) is 5.72. The van der Waals surface area contributed by atoms with E-state index in [4.69, 9.17) is 10.2 Å². The van der Waals surface area contributed by atoms with Gasteiger partial charge in [0.15, 0.2) is 5.78 Å². The number of thiazole rings is 1. The molecule has 0 aliphatic rings. The van der Waals surface area contributed by atoms with E-state index in [2.05, 4.69) is 15.2 Å². The second kappa shape index (κ2) is 8.74. The highest BCUT2D eigenvalue weighted by Gasteiger charge is 2.22. The lowest BCUT2D eigenvalue weighted by Crippen LogP contribution is -2.42. The van der Waals surface area contributed by atoms with Gasteiger partial charge in [-0.15, -0.1) is 21.5 Å². The maximum absolute atomic E-state index is 12.7. The maximum atomic E-state index is 12.7. The van der Waals surface area contributed by atoms with Gasteiger partial charge in [-0.2, -0.15) is 0 Å². The lowest BCUT2D eigenvalue weighted by molar-refractivity contribution is 0.102. The second-order valence-corrected chi connectivity index (χ2v) is 8.26. The van der Waals surface area contributed by atoms with Crippen LogP contribution in [0.1, 0.15) is 40.3 Å². The van der Waals surface area contributed by atoms with Crippen molar-refractivity contribution in [1.82, 2.24) is 24.3 Å². The van der Waals surface area contributed by atoms with Crippen LogP contribution in [0.3, 0.4) is 0 Å². The van der Waals surface area contributed by atoms with Crippen LogP contribution in [-0.4, -0.2) is 35.9 Å². The zero-order valence-electron chi connectivity index (χ0n) is 16.2. The lowest BCUT2D eigenvalue weighted by atomic mass is 10.2. The van der Waals surface area contributed by atoms with Crippen molar-refractivity contribution >= 4 is 34.7 Å². The normalized spacial score (nSPS) is 11.1. The first-order valence-electron chi connectivity index (χ1n) is 8.80. The highest BCUT2D eigenvalue weighted by atomic mass is 32.2. The Kier molecular flexibility index (Phi) is 6.33. The lowest BCUT2D eigenvalue weighted by Gasteiger charge is -2.13. The number of carbonyl (C=O) groups is 1. The predicted octanol–water partition coefficient (Wildman–Crippen LogP) is 1.25. The molecule has 0 unspecified atom stereocenters. The van der Waals surface area contributed by atoms with Crippen molar-refractivity contribution in [3.05, 3.63) is 48.4 Å². The third-order valence-electron chi connectivity index (χ3n) is 4.08. The van der Waals surface area contributed by atoms with Crippen LogP contribution in [0.15, 0.2) is 24.6 Å². The number of Topliss-reactive ketones (excluding diaryl/α,β-unsaturated/α-hetero) is 1. The molecule has 2 N–H and O–H groups in total. The molecule has 0 spiro atoms. The minimum atomic E-state index is -0.712. The Morgan fingerprint density at radius 1 is 1.34 bits per heavy atom. The molecule has 0 radical (unpaired) electrons. The van der Waals surface area contributed by atoms with Crippen molar-refractivity contribution in [2.24, 2.45) is 7.05 Å². The summed E-state index contributed by atoms with van der Waals surface area (Å²) in [5, 5.41) is 10.9. The molecule has 3 heterocycles. The summed E-state index contributed by atoms with van der Waals surface area (Å²) in [5.74, 6) is -0.359. The number of nitrogens with two attached hydrogens (primary N) is 1. The Hall–Kier alpha value is -2.73. The summed E-state index contributed by atoms with van der Waals surface area (Å²) in [7, 11) is 1.32. The molecule has 0 fully saturated rings. The van der Waals surface area contributed by atoms with Gasteiger partial charge in [-0.25, -0.2) is 9.78 Å². The Balaban J connectivity index is 1.75. The van der Waals surface area contributed by atoms with E-state index in [0.717, 1.165) is 27.0 Å². The molecule has 0 aromatic carbocycles. The van der Waals surface area contributed by atoms with Gasteiger partial charge >= 0.3 is 5.69 Å². The minimum absolute atomic E-state index is 0.115. The number of aryl methyl sites for hydroxylation is 1. The van der Waals surface area contributed by atoms with E-state index in [1.807, 2.05) is 19.2 Å². The first-order chi connectivity index (χ1) is 13.8. The first-order valence-corrected chi connectivity index (χ1v) is 10.7. The zero-order chi connectivity index (χ0) is 21.1. The van der Waals surface area contributed by atoms with Crippen LogP contribution in [0, 0.1) is 6.92 Å². The van der Waals surface area contributed by atoms with Crippen molar-refractivity contribution in [2.45, 2.75) is 38.5 Å². The van der Waals surface area contributed by atoms with Crippen molar-refractivity contribution in [1.29, 1.82) is 0 Å². The zero-order valence-corrected chi connectivity index (χ0v) is 17.8. The minimum Gasteiger partial charge on any atom is -0.416 e. The van der Waals surface area contributed by atoms with Gasteiger partial charge in [0.25, 0.3) is 10.8 Å². The quantitative estimate of drug-likeness (QED) is 0.408. The van der Waals surface area contributed by atoms with E-state index in [-0.39, 0.29) is 22.4 Å². The number of hydrogen-bond acceptors (Lipinski definition) is 10.